The Bertz CT molecular complexity index is 1210. The highest BCUT2D eigenvalue weighted by molar-refractivity contribution is 5.84. The molecule has 2 aromatic carbocycles. The molecule has 0 spiro atoms. The standard InChI is InChI=1S/C20H19N5O6/c26-9-14-15(27)16(28)17(29)18(30-14)20-23-22-19(31-20)13-8-25(24-21-13)12-6-5-10-3-1-2-4-11(10)7-12/h1-8,14-18,26-29H,9H2/t14-,15-,16+,17-,18-/m1/s1. The molecule has 0 unspecified atom stereocenters. The van der Waals surface area contributed by atoms with E-state index in [1.54, 1.807) is 10.9 Å². The van der Waals surface area contributed by atoms with Gasteiger partial charge in [-0.05, 0) is 22.9 Å². The fourth-order valence-corrected chi connectivity index (χ4v) is 3.57. The van der Waals surface area contributed by atoms with E-state index in [0.29, 0.717) is 5.69 Å². The number of hydrogen-bond acceptors (Lipinski definition) is 10. The lowest BCUT2D eigenvalue weighted by atomic mass is 9.95. The van der Waals surface area contributed by atoms with Gasteiger partial charge in [-0.25, -0.2) is 4.68 Å². The molecule has 4 N–H and O–H groups in total. The maximum atomic E-state index is 10.2. The number of aromatic nitrogens is 5. The molecule has 4 aromatic rings. The van der Waals surface area contributed by atoms with Gasteiger partial charge in [0.2, 0.25) is 5.89 Å². The molecule has 0 bridgehead atoms. The van der Waals surface area contributed by atoms with Crippen molar-refractivity contribution in [2.24, 2.45) is 0 Å². The summed E-state index contributed by atoms with van der Waals surface area (Å²) < 4.78 is 12.6. The van der Waals surface area contributed by atoms with Crippen LogP contribution in [0.1, 0.15) is 12.0 Å². The summed E-state index contributed by atoms with van der Waals surface area (Å²) in [6, 6.07) is 13.8. The zero-order valence-corrected chi connectivity index (χ0v) is 16.1. The third-order valence-corrected chi connectivity index (χ3v) is 5.29. The number of ether oxygens (including phenoxy) is 1. The van der Waals surface area contributed by atoms with Crippen LogP contribution in [0.3, 0.4) is 0 Å². The first kappa shape index (κ1) is 19.7. The highest BCUT2D eigenvalue weighted by atomic mass is 16.6. The Morgan fingerprint density at radius 2 is 1.71 bits per heavy atom. The van der Waals surface area contributed by atoms with E-state index in [9.17, 15) is 20.4 Å². The van der Waals surface area contributed by atoms with Crippen molar-refractivity contribution in [2.75, 3.05) is 6.61 Å². The average molecular weight is 425 g/mol. The SMILES string of the molecule is OC[C@H]1O[C@@H](c2nnc(-c3cn(-c4ccc5ccccc5c4)nn3)o2)[C@H](O)[C@@H](O)[C@@H]1O. The number of rotatable bonds is 4. The predicted molar refractivity (Wildman–Crippen MR) is 105 cm³/mol. The van der Waals surface area contributed by atoms with E-state index >= 15 is 0 Å². The lowest BCUT2D eigenvalue weighted by Gasteiger charge is -2.38. The summed E-state index contributed by atoms with van der Waals surface area (Å²) in [7, 11) is 0. The van der Waals surface area contributed by atoms with Gasteiger partial charge < -0.3 is 29.6 Å². The quantitative estimate of drug-likeness (QED) is 0.350. The highest BCUT2D eigenvalue weighted by Crippen LogP contribution is 2.32. The minimum Gasteiger partial charge on any atom is -0.416 e. The summed E-state index contributed by atoms with van der Waals surface area (Å²) in [5, 5.41) is 57.5. The normalized spacial score (nSPS) is 26.4. The summed E-state index contributed by atoms with van der Waals surface area (Å²) in [5.74, 6) is -0.0776. The Hall–Kier alpha value is -3.22. The maximum Gasteiger partial charge on any atom is 0.269 e. The first-order chi connectivity index (χ1) is 15.0. The van der Waals surface area contributed by atoms with Gasteiger partial charge in [-0.1, -0.05) is 35.5 Å². The molecule has 0 radical (unpaired) electrons. The Morgan fingerprint density at radius 1 is 0.903 bits per heavy atom. The molecule has 0 amide bonds. The van der Waals surface area contributed by atoms with Gasteiger partial charge in [0, 0.05) is 0 Å². The van der Waals surface area contributed by atoms with Crippen LogP contribution in [0.4, 0.5) is 0 Å². The second kappa shape index (κ2) is 7.80. The van der Waals surface area contributed by atoms with Crippen LogP contribution in [0.2, 0.25) is 0 Å². The molecule has 0 saturated carbocycles. The molecule has 1 saturated heterocycles. The number of aliphatic hydroxyl groups is 4. The van der Waals surface area contributed by atoms with E-state index in [4.69, 9.17) is 9.15 Å². The van der Waals surface area contributed by atoms with Gasteiger partial charge >= 0.3 is 0 Å². The molecular formula is C20H19N5O6. The van der Waals surface area contributed by atoms with E-state index in [1.807, 2.05) is 42.5 Å². The van der Waals surface area contributed by atoms with E-state index in [-0.39, 0.29) is 11.8 Å². The van der Waals surface area contributed by atoms with Crippen LogP contribution in [0.15, 0.2) is 53.1 Å². The van der Waals surface area contributed by atoms with Crippen molar-refractivity contribution in [3.8, 4) is 17.3 Å². The van der Waals surface area contributed by atoms with Crippen LogP contribution in [0, 0.1) is 0 Å². The number of fused-ring (bicyclic) bond motifs is 1. The van der Waals surface area contributed by atoms with Crippen LogP contribution < -0.4 is 0 Å². The summed E-state index contributed by atoms with van der Waals surface area (Å²) in [6.45, 7) is -0.553. The van der Waals surface area contributed by atoms with E-state index < -0.39 is 37.1 Å². The zero-order chi connectivity index (χ0) is 21.5. The second-order valence-electron chi connectivity index (χ2n) is 7.27. The van der Waals surface area contributed by atoms with Crippen molar-refractivity contribution < 1.29 is 29.6 Å². The molecule has 3 heterocycles. The summed E-state index contributed by atoms with van der Waals surface area (Å²) in [5.41, 5.74) is 1.10. The van der Waals surface area contributed by atoms with Crippen molar-refractivity contribution in [3.63, 3.8) is 0 Å². The lowest BCUT2D eigenvalue weighted by molar-refractivity contribution is -0.236. The van der Waals surface area contributed by atoms with Crippen LogP contribution >= 0.6 is 0 Å². The smallest absolute Gasteiger partial charge is 0.269 e. The molecule has 5 atom stereocenters. The molecule has 1 aliphatic heterocycles. The van der Waals surface area contributed by atoms with E-state index in [2.05, 4.69) is 20.5 Å². The van der Waals surface area contributed by atoms with Crippen LogP contribution in [-0.2, 0) is 4.74 Å². The largest absolute Gasteiger partial charge is 0.416 e. The van der Waals surface area contributed by atoms with Gasteiger partial charge in [0.25, 0.3) is 5.89 Å². The number of benzene rings is 2. The molecule has 5 rings (SSSR count). The van der Waals surface area contributed by atoms with Crippen molar-refractivity contribution in [1.82, 2.24) is 25.2 Å². The zero-order valence-electron chi connectivity index (χ0n) is 16.1. The van der Waals surface area contributed by atoms with Gasteiger partial charge in [-0.15, -0.1) is 15.3 Å². The minimum atomic E-state index is -1.54. The fourth-order valence-electron chi connectivity index (χ4n) is 3.57. The Kier molecular flexibility index (Phi) is 4.96. The Morgan fingerprint density at radius 3 is 2.52 bits per heavy atom. The Labute approximate surface area is 175 Å². The topological polar surface area (TPSA) is 160 Å². The predicted octanol–water partition coefficient (Wildman–Crippen LogP) is -0.0146. The molecule has 160 valence electrons. The van der Waals surface area contributed by atoms with Crippen molar-refractivity contribution in [1.29, 1.82) is 0 Å². The number of aliphatic hydroxyl groups excluding tert-OH is 4. The highest BCUT2D eigenvalue weighted by Gasteiger charge is 2.46. The van der Waals surface area contributed by atoms with Gasteiger partial charge in [-0.2, -0.15) is 0 Å². The molecule has 11 nitrogen and oxygen atoms in total. The average Bonchev–Trinajstić information content (AvgIpc) is 3.47. The second-order valence-corrected chi connectivity index (χ2v) is 7.27. The van der Waals surface area contributed by atoms with Crippen molar-refractivity contribution >= 4 is 10.8 Å². The number of nitrogens with zero attached hydrogens (tertiary/aromatic N) is 5. The van der Waals surface area contributed by atoms with Crippen molar-refractivity contribution in [2.45, 2.75) is 30.5 Å². The van der Waals surface area contributed by atoms with Crippen molar-refractivity contribution in [3.05, 3.63) is 54.6 Å². The molecule has 1 aliphatic rings. The van der Waals surface area contributed by atoms with Crippen LogP contribution in [-0.4, -0.2) is 76.6 Å². The van der Waals surface area contributed by atoms with Crippen LogP contribution in [0.5, 0.6) is 0 Å². The van der Waals surface area contributed by atoms with Gasteiger partial charge in [0.1, 0.15) is 24.4 Å². The first-order valence-electron chi connectivity index (χ1n) is 9.61. The minimum absolute atomic E-state index is 0.0407. The van der Waals surface area contributed by atoms with E-state index in [1.165, 1.54) is 0 Å². The molecule has 1 fully saturated rings. The summed E-state index contributed by atoms with van der Waals surface area (Å²) in [6.07, 6.45) is -5.20. The van der Waals surface area contributed by atoms with Gasteiger partial charge in [0.05, 0.1) is 18.5 Å². The van der Waals surface area contributed by atoms with Gasteiger partial charge in [-0.3, -0.25) is 0 Å². The van der Waals surface area contributed by atoms with E-state index in [0.717, 1.165) is 16.5 Å². The third kappa shape index (κ3) is 3.48. The number of hydrogen-bond donors (Lipinski definition) is 4. The maximum absolute atomic E-state index is 10.2. The third-order valence-electron chi connectivity index (χ3n) is 5.29. The summed E-state index contributed by atoms with van der Waals surface area (Å²) in [4.78, 5) is 0. The monoisotopic (exact) mass is 425 g/mol. The van der Waals surface area contributed by atoms with Gasteiger partial charge in [0.15, 0.2) is 11.8 Å². The molecule has 31 heavy (non-hydrogen) atoms. The Balaban J connectivity index is 1.41. The van der Waals surface area contributed by atoms with Crippen LogP contribution in [0.25, 0.3) is 28.0 Å². The lowest BCUT2D eigenvalue weighted by Crippen LogP contribution is -2.55. The fraction of sp³-hybridized carbons (Fsp3) is 0.300. The summed E-state index contributed by atoms with van der Waals surface area (Å²) >= 11 is 0. The molecule has 0 aliphatic carbocycles. The molecular weight excluding hydrogens is 406 g/mol. The molecule has 2 aromatic heterocycles. The molecule has 11 heteroatoms. The first-order valence-corrected chi connectivity index (χ1v) is 9.61.